The number of hydrogen-bond donors (Lipinski definition) is 2. The molecule has 1 aromatic carbocycles. The Morgan fingerprint density at radius 2 is 2.46 bits per heavy atom. The van der Waals surface area contributed by atoms with Crippen molar-refractivity contribution in [2.45, 2.75) is 6.04 Å². The first-order valence-corrected chi connectivity index (χ1v) is 4.23. The second-order valence-corrected chi connectivity index (χ2v) is 3.27. The van der Waals surface area contributed by atoms with Crippen molar-refractivity contribution in [2.24, 2.45) is 5.73 Å². The lowest BCUT2D eigenvalue weighted by molar-refractivity contribution is 0.438. The van der Waals surface area contributed by atoms with Crippen molar-refractivity contribution < 1.29 is 4.52 Å². The lowest BCUT2D eigenvalue weighted by atomic mass is 10.1. The summed E-state index contributed by atoms with van der Waals surface area (Å²) in [4.78, 5) is 0. The van der Waals surface area contributed by atoms with Gasteiger partial charge in [-0.3, -0.25) is 0 Å². The molecular weight excluding hydrogens is 166 g/mol. The van der Waals surface area contributed by atoms with Crippen molar-refractivity contribution in [1.29, 1.82) is 0 Å². The van der Waals surface area contributed by atoms with Gasteiger partial charge in [-0.2, -0.15) is 0 Å². The van der Waals surface area contributed by atoms with E-state index in [1.54, 1.807) is 0 Å². The Kier molecular flexibility index (Phi) is 1.19. The van der Waals surface area contributed by atoms with Crippen LogP contribution in [0.2, 0.25) is 0 Å². The largest absolute Gasteiger partial charge is 0.383 e. The van der Waals surface area contributed by atoms with Crippen LogP contribution in [0.1, 0.15) is 11.7 Å². The van der Waals surface area contributed by atoms with Crippen molar-refractivity contribution in [2.75, 3.05) is 11.9 Å². The van der Waals surface area contributed by atoms with Crippen LogP contribution in [0.5, 0.6) is 0 Å². The molecule has 0 fully saturated rings. The molecule has 4 nitrogen and oxygen atoms in total. The molecule has 1 aromatic heterocycles. The highest BCUT2D eigenvalue weighted by atomic mass is 16.5. The van der Waals surface area contributed by atoms with Crippen LogP contribution < -0.4 is 11.1 Å². The number of aromatic nitrogens is 1. The van der Waals surface area contributed by atoms with Crippen LogP contribution in [-0.4, -0.2) is 11.7 Å². The summed E-state index contributed by atoms with van der Waals surface area (Å²) >= 11 is 0. The number of benzene rings is 1. The van der Waals surface area contributed by atoms with Crippen LogP contribution in [0.15, 0.2) is 22.7 Å². The van der Waals surface area contributed by atoms with Crippen molar-refractivity contribution in [3.05, 3.63) is 23.9 Å². The molecule has 1 atom stereocenters. The van der Waals surface area contributed by atoms with E-state index in [9.17, 15) is 0 Å². The van der Waals surface area contributed by atoms with Gasteiger partial charge in [0.25, 0.3) is 0 Å². The Hall–Kier alpha value is -1.55. The molecule has 3 N–H and O–H groups in total. The van der Waals surface area contributed by atoms with E-state index < -0.39 is 0 Å². The zero-order valence-corrected chi connectivity index (χ0v) is 6.95. The molecule has 0 saturated carbocycles. The molecule has 3 rings (SSSR count). The van der Waals surface area contributed by atoms with E-state index in [4.69, 9.17) is 10.3 Å². The first kappa shape index (κ1) is 6.91. The van der Waals surface area contributed by atoms with Gasteiger partial charge in [-0.05, 0) is 18.2 Å². The first-order valence-electron chi connectivity index (χ1n) is 4.23. The third kappa shape index (κ3) is 0.860. The topological polar surface area (TPSA) is 64.1 Å². The van der Waals surface area contributed by atoms with Gasteiger partial charge in [0.1, 0.15) is 5.69 Å². The predicted molar refractivity (Wildman–Crippen MR) is 49.4 cm³/mol. The van der Waals surface area contributed by atoms with Crippen molar-refractivity contribution in [1.82, 2.24) is 5.16 Å². The highest BCUT2D eigenvalue weighted by molar-refractivity contribution is 5.84. The molecule has 2 bridgehead atoms. The smallest absolute Gasteiger partial charge is 0.167 e. The van der Waals surface area contributed by atoms with Crippen LogP contribution in [0, 0.1) is 0 Å². The quantitative estimate of drug-likeness (QED) is 0.632. The fraction of sp³-hybridized carbons (Fsp3) is 0.222. The summed E-state index contributed by atoms with van der Waals surface area (Å²) in [5.41, 5.74) is 8.63. The second kappa shape index (κ2) is 2.23. The fourth-order valence-corrected chi connectivity index (χ4v) is 1.66. The summed E-state index contributed by atoms with van der Waals surface area (Å²) in [6.45, 7) is 0.704. The zero-order valence-electron chi connectivity index (χ0n) is 6.95. The molecule has 66 valence electrons. The number of hydrogen-bond acceptors (Lipinski definition) is 4. The second-order valence-electron chi connectivity index (χ2n) is 3.27. The number of nitrogens with zero attached hydrogens (tertiary/aromatic N) is 1. The summed E-state index contributed by atoms with van der Waals surface area (Å²) in [6.07, 6.45) is 0. The van der Waals surface area contributed by atoms with Gasteiger partial charge in [0.15, 0.2) is 5.58 Å². The maximum absolute atomic E-state index is 5.90. The highest BCUT2D eigenvalue weighted by Crippen LogP contribution is 2.28. The SMILES string of the molecule is NC1CNc2ccc3onc1c3c2. The third-order valence-corrected chi connectivity index (χ3v) is 2.38. The number of anilines is 1. The van der Waals surface area contributed by atoms with E-state index >= 15 is 0 Å². The number of fused-ring (bicyclic) bond motifs is 1. The van der Waals surface area contributed by atoms with Gasteiger partial charge < -0.3 is 15.6 Å². The Labute approximate surface area is 74.7 Å². The molecule has 1 aliphatic heterocycles. The molecule has 4 heteroatoms. The Bertz CT molecular complexity index is 463. The molecule has 1 unspecified atom stereocenters. The van der Waals surface area contributed by atoms with E-state index in [-0.39, 0.29) is 6.04 Å². The van der Waals surface area contributed by atoms with Gasteiger partial charge in [0, 0.05) is 17.6 Å². The summed E-state index contributed by atoms with van der Waals surface area (Å²) in [5, 5.41) is 8.21. The third-order valence-electron chi connectivity index (χ3n) is 2.38. The van der Waals surface area contributed by atoms with Gasteiger partial charge in [-0.1, -0.05) is 5.16 Å². The van der Waals surface area contributed by atoms with Gasteiger partial charge in [-0.15, -0.1) is 0 Å². The normalized spacial score (nSPS) is 20.2. The molecule has 0 saturated heterocycles. The van der Waals surface area contributed by atoms with Crippen LogP contribution in [-0.2, 0) is 0 Å². The van der Waals surface area contributed by atoms with Gasteiger partial charge in [0.05, 0.1) is 6.04 Å². The molecule has 13 heavy (non-hydrogen) atoms. The van der Waals surface area contributed by atoms with Crippen LogP contribution in [0.3, 0.4) is 0 Å². The van der Waals surface area contributed by atoms with E-state index in [2.05, 4.69) is 10.5 Å². The summed E-state index contributed by atoms with van der Waals surface area (Å²) < 4.78 is 5.14. The van der Waals surface area contributed by atoms with Gasteiger partial charge >= 0.3 is 0 Å². The Morgan fingerprint density at radius 1 is 1.54 bits per heavy atom. The standard InChI is InChI=1S/C9H9N3O/c10-7-4-11-5-1-2-8-6(3-5)9(7)12-13-8/h1-3,7,11H,4,10H2. The van der Waals surface area contributed by atoms with Crippen molar-refractivity contribution >= 4 is 16.7 Å². The molecule has 2 heterocycles. The number of rotatable bonds is 0. The summed E-state index contributed by atoms with van der Waals surface area (Å²) in [6, 6.07) is 5.82. The summed E-state index contributed by atoms with van der Waals surface area (Å²) in [7, 11) is 0. The molecular formula is C9H9N3O. The van der Waals surface area contributed by atoms with Crippen LogP contribution in [0.25, 0.3) is 11.0 Å². The van der Waals surface area contributed by atoms with Gasteiger partial charge in [0.2, 0.25) is 0 Å². The number of nitrogens with one attached hydrogen (secondary N) is 1. The molecule has 0 spiro atoms. The maximum atomic E-state index is 5.90. The Morgan fingerprint density at radius 3 is 3.38 bits per heavy atom. The van der Waals surface area contributed by atoms with Crippen LogP contribution in [0.4, 0.5) is 5.69 Å². The van der Waals surface area contributed by atoms with Crippen LogP contribution >= 0.6 is 0 Å². The van der Waals surface area contributed by atoms with E-state index in [1.807, 2.05) is 18.2 Å². The predicted octanol–water partition coefficient (Wildman–Crippen LogP) is 1.25. The molecule has 0 radical (unpaired) electrons. The minimum absolute atomic E-state index is 0.0823. The van der Waals surface area contributed by atoms with E-state index in [1.165, 1.54) is 0 Å². The molecule has 0 aliphatic carbocycles. The zero-order chi connectivity index (χ0) is 8.84. The number of nitrogens with two attached hydrogens (primary N) is 1. The van der Waals surface area contributed by atoms with E-state index in [0.717, 1.165) is 22.4 Å². The summed E-state index contributed by atoms with van der Waals surface area (Å²) in [5.74, 6) is 0. The van der Waals surface area contributed by atoms with E-state index in [0.29, 0.717) is 6.54 Å². The molecule has 2 aromatic rings. The molecule has 0 amide bonds. The Balaban J connectivity index is 2.41. The average Bonchev–Trinajstić information content (AvgIpc) is 2.53. The highest BCUT2D eigenvalue weighted by Gasteiger charge is 2.18. The maximum Gasteiger partial charge on any atom is 0.167 e. The van der Waals surface area contributed by atoms with Gasteiger partial charge in [-0.25, -0.2) is 0 Å². The first-order chi connectivity index (χ1) is 6.34. The average molecular weight is 175 g/mol. The monoisotopic (exact) mass is 175 g/mol. The minimum Gasteiger partial charge on any atom is -0.383 e. The minimum atomic E-state index is -0.0823. The lowest BCUT2D eigenvalue weighted by Crippen LogP contribution is -2.19. The van der Waals surface area contributed by atoms with Crippen molar-refractivity contribution in [3.8, 4) is 0 Å². The van der Waals surface area contributed by atoms with Crippen molar-refractivity contribution in [3.63, 3.8) is 0 Å². The fourth-order valence-electron chi connectivity index (χ4n) is 1.66. The lowest BCUT2D eigenvalue weighted by Gasteiger charge is -2.07. The molecule has 1 aliphatic rings.